The molecule has 0 aliphatic carbocycles. The Kier molecular flexibility index (Phi) is 3.24. The van der Waals surface area contributed by atoms with Gasteiger partial charge in [-0.2, -0.15) is 4.98 Å². The Bertz CT molecular complexity index is 740. The highest BCUT2D eigenvalue weighted by atomic mass is 79.9. The van der Waals surface area contributed by atoms with Crippen molar-refractivity contribution in [3.8, 4) is 11.6 Å². The van der Waals surface area contributed by atoms with E-state index in [9.17, 15) is 8.78 Å². The first-order valence-corrected chi connectivity index (χ1v) is 7.32. The summed E-state index contributed by atoms with van der Waals surface area (Å²) in [7, 11) is 0. The highest BCUT2D eigenvalue weighted by Crippen LogP contribution is 2.29. The molecule has 0 unspecified atom stereocenters. The molecule has 0 N–H and O–H groups in total. The Morgan fingerprint density at radius 3 is 2.89 bits per heavy atom. The lowest BCUT2D eigenvalue weighted by atomic mass is 10.3. The normalized spacial score (nSPS) is 11.1. The van der Waals surface area contributed by atoms with Crippen molar-refractivity contribution in [1.82, 2.24) is 9.38 Å². The van der Waals surface area contributed by atoms with Gasteiger partial charge in [-0.05, 0) is 12.1 Å². The lowest BCUT2D eigenvalue weighted by molar-refractivity contribution is 0.447. The number of halogens is 3. The number of hydrogen-bond acceptors (Lipinski definition) is 3. The van der Waals surface area contributed by atoms with Crippen LogP contribution in [-0.4, -0.2) is 9.38 Å². The van der Waals surface area contributed by atoms with Gasteiger partial charge < -0.3 is 4.74 Å². The third-order valence-corrected chi connectivity index (χ3v) is 3.84. The Balaban J connectivity index is 2.00. The Morgan fingerprint density at radius 2 is 2.16 bits per heavy atom. The fraction of sp³-hybridized carbons (Fsp3) is 0.0833. The van der Waals surface area contributed by atoms with E-state index >= 15 is 0 Å². The fourth-order valence-electron chi connectivity index (χ4n) is 1.67. The molecule has 0 spiro atoms. The van der Waals surface area contributed by atoms with E-state index in [1.807, 2.05) is 16.0 Å². The first kappa shape index (κ1) is 12.6. The largest absolute Gasteiger partial charge is 0.437 e. The summed E-state index contributed by atoms with van der Waals surface area (Å²) in [4.78, 5) is 5.09. The molecule has 2 heterocycles. The van der Waals surface area contributed by atoms with Crippen LogP contribution in [0.25, 0.3) is 4.96 Å². The second kappa shape index (κ2) is 4.90. The average Bonchev–Trinajstić information content (AvgIpc) is 2.94. The van der Waals surface area contributed by atoms with E-state index in [2.05, 4.69) is 20.9 Å². The van der Waals surface area contributed by atoms with Gasteiger partial charge >= 0.3 is 0 Å². The standard InChI is InChI=1S/C12H7BrF2N2OS/c13-6-10-11(16-12-17(10)3-4-19-12)18-7-1-2-8(14)9(15)5-7/h1-5H,6H2. The number of aromatic nitrogens is 2. The van der Waals surface area contributed by atoms with E-state index in [0.29, 0.717) is 11.2 Å². The van der Waals surface area contributed by atoms with Crippen LogP contribution in [-0.2, 0) is 5.33 Å². The summed E-state index contributed by atoms with van der Waals surface area (Å²) >= 11 is 4.83. The molecule has 7 heteroatoms. The van der Waals surface area contributed by atoms with Crippen molar-refractivity contribution >= 4 is 32.2 Å². The molecule has 0 saturated carbocycles. The van der Waals surface area contributed by atoms with Crippen LogP contribution in [0.4, 0.5) is 8.78 Å². The molecule has 1 aromatic carbocycles. The van der Waals surface area contributed by atoms with Crippen molar-refractivity contribution in [2.45, 2.75) is 5.33 Å². The zero-order valence-electron chi connectivity index (χ0n) is 9.44. The number of nitrogens with zero attached hydrogens (tertiary/aromatic N) is 2. The van der Waals surface area contributed by atoms with Gasteiger partial charge in [0.15, 0.2) is 16.6 Å². The second-order valence-electron chi connectivity index (χ2n) is 3.73. The van der Waals surface area contributed by atoms with E-state index < -0.39 is 11.6 Å². The molecular weight excluding hydrogens is 338 g/mol. The van der Waals surface area contributed by atoms with E-state index in [0.717, 1.165) is 22.8 Å². The van der Waals surface area contributed by atoms with Crippen LogP contribution < -0.4 is 4.74 Å². The average molecular weight is 345 g/mol. The number of imidazole rings is 1. The summed E-state index contributed by atoms with van der Waals surface area (Å²) < 4.78 is 33.4. The van der Waals surface area contributed by atoms with Gasteiger partial charge in [-0.15, -0.1) is 11.3 Å². The lowest BCUT2D eigenvalue weighted by Crippen LogP contribution is -1.92. The summed E-state index contributed by atoms with van der Waals surface area (Å²) in [6.45, 7) is 0. The van der Waals surface area contributed by atoms with E-state index in [4.69, 9.17) is 4.74 Å². The molecule has 3 aromatic rings. The molecule has 3 rings (SSSR count). The van der Waals surface area contributed by atoms with E-state index in [1.54, 1.807) is 0 Å². The molecule has 0 atom stereocenters. The number of rotatable bonds is 3. The van der Waals surface area contributed by atoms with Gasteiger partial charge in [-0.25, -0.2) is 8.78 Å². The van der Waals surface area contributed by atoms with Gasteiger partial charge in [0.2, 0.25) is 5.88 Å². The van der Waals surface area contributed by atoms with Crippen LogP contribution in [0.1, 0.15) is 5.69 Å². The van der Waals surface area contributed by atoms with Crippen molar-refractivity contribution in [1.29, 1.82) is 0 Å². The van der Waals surface area contributed by atoms with Crippen molar-refractivity contribution in [3.63, 3.8) is 0 Å². The van der Waals surface area contributed by atoms with Crippen LogP contribution in [0.5, 0.6) is 11.6 Å². The zero-order valence-corrected chi connectivity index (χ0v) is 11.8. The van der Waals surface area contributed by atoms with Crippen molar-refractivity contribution in [3.05, 3.63) is 47.1 Å². The topological polar surface area (TPSA) is 26.5 Å². The minimum atomic E-state index is -0.945. The van der Waals surface area contributed by atoms with Crippen LogP contribution >= 0.6 is 27.3 Å². The number of benzene rings is 1. The minimum absolute atomic E-state index is 0.215. The molecule has 2 aromatic heterocycles. The summed E-state index contributed by atoms with van der Waals surface area (Å²) in [5.41, 5.74) is 0.820. The van der Waals surface area contributed by atoms with Gasteiger partial charge in [0.1, 0.15) is 5.75 Å². The van der Waals surface area contributed by atoms with Gasteiger partial charge in [0.25, 0.3) is 0 Å². The molecule has 0 aliphatic rings. The summed E-state index contributed by atoms with van der Waals surface area (Å²) in [6, 6.07) is 3.39. The lowest BCUT2D eigenvalue weighted by Gasteiger charge is -2.04. The highest BCUT2D eigenvalue weighted by molar-refractivity contribution is 9.08. The van der Waals surface area contributed by atoms with Crippen LogP contribution in [0, 0.1) is 11.6 Å². The number of fused-ring (bicyclic) bond motifs is 1. The third-order valence-electron chi connectivity index (χ3n) is 2.56. The van der Waals surface area contributed by atoms with Crippen molar-refractivity contribution in [2.24, 2.45) is 0 Å². The molecule has 0 fully saturated rings. The van der Waals surface area contributed by atoms with E-state index in [1.165, 1.54) is 17.4 Å². The van der Waals surface area contributed by atoms with Gasteiger partial charge in [0.05, 0.1) is 5.69 Å². The van der Waals surface area contributed by atoms with Crippen LogP contribution in [0.3, 0.4) is 0 Å². The number of hydrogen-bond donors (Lipinski definition) is 0. The summed E-state index contributed by atoms with van der Waals surface area (Å²) in [5, 5.41) is 2.46. The fourth-order valence-corrected chi connectivity index (χ4v) is 2.90. The first-order chi connectivity index (χ1) is 9.19. The molecule has 0 saturated heterocycles. The molecular formula is C12H7BrF2N2OS. The van der Waals surface area contributed by atoms with Crippen LogP contribution in [0.2, 0.25) is 0 Å². The predicted molar refractivity (Wildman–Crippen MR) is 72.1 cm³/mol. The summed E-state index contributed by atoms with van der Waals surface area (Å²) in [6.07, 6.45) is 1.88. The molecule has 3 nitrogen and oxygen atoms in total. The molecule has 98 valence electrons. The predicted octanol–water partition coefficient (Wildman–Crippen LogP) is 4.36. The Labute approximate surface area is 119 Å². The zero-order chi connectivity index (χ0) is 13.4. The van der Waals surface area contributed by atoms with Gasteiger partial charge in [0, 0.05) is 23.0 Å². The van der Waals surface area contributed by atoms with Crippen LogP contribution in [0.15, 0.2) is 29.8 Å². The highest BCUT2D eigenvalue weighted by Gasteiger charge is 2.14. The number of ether oxygens (including phenoxy) is 1. The maximum Gasteiger partial charge on any atom is 0.243 e. The molecule has 0 radical (unpaired) electrons. The monoisotopic (exact) mass is 344 g/mol. The van der Waals surface area contributed by atoms with Crippen molar-refractivity contribution in [2.75, 3.05) is 0 Å². The van der Waals surface area contributed by atoms with Gasteiger partial charge in [-0.1, -0.05) is 15.9 Å². The molecule has 0 aliphatic heterocycles. The smallest absolute Gasteiger partial charge is 0.243 e. The number of alkyl halides is 1. The van der Waals surface area contributed by atoms with E-state index in [-0.39, 0.29) is 5.75 Å². The maximum atomic E-state index is 13.1. The van der Waals surface area contributed by atoms with Gasteiger partial charge in [-0.3, -0.25) is 4.40 Å². The number of thiazole rings is 1. The molecule has 0 bridgehead atoms. The third kappa shape index (κ3) is 2.23. The Hall–Kier alpha value is -1.47. The first-order valence-electron chi connectivity index (χ1n) is 5.32. The summed E-state index contributed by atoms with van der Waals surface area (Å²) in [5.74, 6) is -1.25. The Morgan fingerprint density at radius 1 is 1.32 bits per heavy atom. The quantitative estimate of drug-likeness (QED) is 0.660. The molecule has 0 amide bonds. The van der Waals surface area contributed by atoms with Crippen molar-refractivity contribution < 1.29 is 13.5 Å². The minimum Gasteiger partial charge on any atom is -0.437 e. The SMILES string of the molecule is Fc1ccc(Oc2nc3sccn3c2CBr)cc1F. The second-order valence-corrected chi connectivity index (χ2v) is 5.16. The maximum absolute atomic E-state index is 13.1. The molecule has 19 heavy (non-hydrogen) atoms.